The van der Waals surface area contributed by atoms with E-state index >= 15 is 0 Å². The van der Waals surface area contributed by atoms with E-state index in [-0.39, 0.29) is 12.4 Å². The highest BCUT2D eigenvalue weighted by atomic mass is 16.4. The van der Waals surface area contributed by atoms with Crippen LogP contribution in [0.2, 0.25) is 0 Å². The summed E-state index contributed by atoms with van der Waals surface area (Å²) in [7, 11) is 0. The molecule has 0 saturated heterocycles. The highest BCUT2D eigenvalue weighted by Crippen LogP contribution is 2.15. The standard InChI is InChI=1S/C15H11N5O3/c21-15-19(18-14(23-15)13-7-4-8-22-13)10-11-9-16-20(17-11)12-5-2-1-3-6-12/h1-9H,10H2. The first kappa shape index (κ1) is 13.3. The van der Waals surface area contributed by atoms with Crippen molar-refractivity contribution >= 4 is 0 Å². The molecule has 0 amide bonds. The zero-order chi connectivity index (χ0) is 15.6. The van der Waals surface area contributed by atoms with Gasteiger partial charge in [-0.2, -0.15) is 19.7 Å². The quantitative estimate of drug-likeness (QED) is 0.570. The summed E-state index contributed by atoms with van der Waals surface area (Å²) in [4.78, 5) is 13.3. The van der Waals surface area contributed by atoms with Gasteiger partial charge in [0.25, 0.3) is 5.89 Å². The minimum absolute atomic E-state index is 0.135. The van der Waals surface area contributed by atoms with E-state index in [1.165, 1.54) is 15.7 Å². The molecule has 3 heterocycles. The molecule has 0 unspecified atom stereocenters. The van der Waals surface area contributed by atoms with Gasteiger partial charge in [0.2, 0.25) is 0 Å². The average Bonchev–Trinajstić information content (AvgIpc) is 3.31. The molecule has 4 rings (SSSR count). The molecule has 4 aromatic rings. The van der Waals surface area contributed by atoms with Crippen LogP contribution in [0.5, 0.6) is 0 Å². The van der Waals surface area contributed by atoms with Crippen LogP contribution in [0.25, 0.3) is 17.3 Å². The second-order valence-corrected chi connectivity index (χ2v) is 4.77. The number of hydrogen-bond acceptors (Lipinski definition) is 6. The van der Waals surface area contributed by atoms with Crippen LogP contribution in [0.3, 0.4) is 0 Å². The molecule has 0 aliphatic heterocycles. The summed E-state index contributed by atoms with van der Waals surface area (Å²) in [6.45, 7) is 0.163. The summed E-state index contributed by atoms with van der Waals surface area (Å²) < 4.78 is 11.4. The Hall–Kier alpha value is -3.42. The monoisotopic (exact) mass is 309 g/mol. The van der Waals surface area contributed by atoms with Crippen LogP contribution in [0.4, 0.5) is 0 Å². The van der Waals surface area contributed by atoms with Crippen molar-refractivity contribution in [1.29, 1.82) is 0 Å². The number of hydrogen-bond donors (Lipinski definition) is 0. The Morgan fingerprint density at radius 3 is 2.70 bits per heavy atom. The van der Waals surface area contributed by atoms with Gasteiger partial charge in [0, 0.05) is 0 Å². The van der Waals surface area contributed by atoms with Crippen molar-refractivity contribution in [3.8, 4) is 17.3 Å². The van der Waals surface area contributed by atoms with Crippen LogP contribution in [0, 0.1) is 0 Å². The molecule has 0 spiro atoms. The number of rotatable bonds is 4. The Morgan fingerprint density at radius 2 is 1.91 bits per heavy atom. The molecule has 8 heteroatoms. The van der Waals surface area contributed by atoms with Crippen LogP contribution in [0.1, 0.15) is 5.69 Å². The van der Waals surface area contributed by atoms with Gasteiger partial charge in [0.05, 0.1) is 24.7 Å². The Kier molecular flexibility index (Phi) is 3.12. The lowest BCUT2D eigenvalue weighted by atomic mass is 10.3. The van der Waals surface area contributed by atoms with Crippen molar-refractivity contribution in [2.45, 2.75) is 6.54 Å². The van der Waals surface area contributed by atoms with Gasteiger partial charge in [-0.25, -0.2) is 4.79 Å². The third kappa shape index (κ3) is 2.57. The Labute approximate surface area is 129 Å². The fourth-order valence-electron chi connectivity index (χ4n) is 2.11. The molecule has 0 saturated carbocycles. The summed E-state index contributed by atoms with van der Waals surface area (Å²) in [5.74, 6) is -0.0464. The highest BCUT2D eigenvalue weighted by Gasteiger charge is 2.14. The Bertz CT molecular complexity index is 966. The van der Waals surface area contributed by atoms with E-state index in [2.05, 4.69) is 15.3 Å². The van der Waals surface area contributed by atoms with Crippen LogP contribution < -0.4 is 5.76 Å². The molecule has 114 valence electrons. The molecular formula is C15H11N5O3. The number of furan rings is 1. The first-order valence-corrected chi connectivity index (χ1v) is 6.88. The summed E-state index contributed by atoms with van der Waals surface area (Å²) >= 11 is 0. The van der Waals surface area contributed by atoms with Crippen LogP contribution >= 0.6 is 0 Å². The molecule has 0 radical (unpaired) electrons. The van der Waals surface area contributed by atoms with Crippen LogP contribution in [-0.2, 0) is 6.54 Å². The normalized spacial score (nSPS) is 11.0. The fourth-order valence-corrected chi connectivity index (χ4v) is 2.11. The second-order valence-electron chi connectivity index (χ2n) is 4.77. The Balaban J connectivity index is 1.60. The molecule has 8 nitrogen and oxygen atoms in total. The molecule has 1 aromatic carbocycles. The average molecular weight is 309 g/mol. The topological polar surface area (TPSA) is 91.9 Å². The maximum absolute atomic E-state index is 11.9. The summed E-state index contributed by atoms with van der Waals surface area (Å²) in [6, 6.07) is 12.9. The van der Waals surface area contributed by atoms with Crippen LogP contribution in [0.15, 0.2) is 68.6 Å². The number of para-hydroxylation sites is 1. The first-order valence-electron chi connectivity index (χ1n) is 6.88. The van der Waals surface area contributed by atoms with Crippen LogP contribution in [-0.4, -0.2) is 24.8 Å². The van der Waals surface area contributed by atoms with E-state index in [0.717, 1.165) is 5.69 Å². The maximum atomic E-state index is 11.9. The maximum Gasteiger partial charge on any atom is 0.437 e. The Morgan fingerprint density at radius 1 is 1.04 bits per heavy atom. The van der Waals surface area contributed by atoms with Crippen molar-refractivity contribution in [2.75, 3.05) is 0 Å². The minimum Gasteiger partial charge on any atom is -0.459 e. The van der Waals surface area contributed by atoms with E-state index in [1.54, 1.807) is 18.3 Å². The van der Waals surface area contributed by atoms with E-state index in [1.807, 2.05) is 30.3 Å². The summed E-state index contributed by atoms with van der Waals surface area (Å²) in [6.07, 6.45) is 3.07. The number of nitrogens with zero attached hydrogens (tertiary/aromatic N) is 5. The van der Waals surface area contributed by atoms with E-state index in [9.17, 15) is 4.79 Å². The van der Waals surface area contributed by atoms with Gasteiger partial charge >= 0.3 is 5.76 Å². The highest BCUT2D eigenvalue weighted by molar-refractivity contribution is 5.42. The van der Waals surface area contributed by atoms with Gasteiger partial charge in [-0.1, -0.05) is 18.2 Å². The zero-order valence-corrected chi connectivity index (χ0v) is 11.9. The fraction of sp³-hybridized carbons (Fsp3) is 0.0667. The lowest BCUT2D eigenvalue weighted by Gasteiger charge is -1.97. The van der Waals surface area contributed by atoms with Crippen molar-refractivity contribution in [1.82, 2.24) is 24.8 Å². The molecule has 0 N–H and O–H groups in total. The van der Waals surface area contributed by atoms with Crippen molar-refractivity contribution in [2.24, 2.45) is 0 Å². The molecule has 0 bridgehead atoms. The lowest BCUT2D eigenvalue weighted by molar-refractivity contribution is 0.475. The van der Waals surface area contributed by atoms with Gasteiger partial charge in [0.15, 0.2) is 5.76 Å². The smallest absolute Gasteiger partial charge is 0.437 e. The molecule has 0 fully saturated rings. The molecule has 3 aromatic heterocycles. The molecular weight excluding hydrogens is 298 g/mol. The SMILES string of the molecule is O=c1oc(-c2ccco2)nn1Cc1cnn(-c2ccccc2)n1. The molecule has 0 aliphatic rings. The van der Waals surface area contributed by atoms with E-state index in [4.69, 9.17) is 8.83 Å². The van der Waals surface area contributed by atoms with Gasteiger partial charge in [-0.05, 0) is 24.3 Å². The molecule has 23 heavy (non-hydrogen) atoms. The van der Waals surface area contributed by atoms with Gasteiger partial charge in [-0.15, -0.1) is 5.10 Å². The zero-order valence-electron chi connectivity index (χ0n) is 11.9. The van der Waals surface area contributed by atoms with Crippen molar-refractivity contribution in [3.05, 3.63) is 71.2 Å². The molecule has 0 aliphatic carbocycles. The van der Waals surface area contributed by atoms with Gasteiger partial charge in [-0.3, -0.25) is 0 Å². The van der Waals surface area contributed by atoms with E-state index < -0.39 is 5.76 Å². The van der Waals surface area contributed by atoms with Crippen molar-refractivity contribution in [3.63, 3.8) is 0 Å². The predicted octanol–water partition coefficient (Wildman–Crippen LogP) is 1.73. The van der Waals surface area contributed by atoms with Gasteiger partial charge < -0.3 is 8.83 Å². The number of benzene rings is 1. The van der Waals surface area contributed by atoms with E-state index in [0.29, 0.717) is 11.5 Å². The minimum atomic E-state index is -0.578. The van der Waals surface area contributed by atoms with Gasteiger partial charge in [0.1, 0.15) is 5.69 Å². The third-order valence-electron chi connectivity index (χ3n) is 3.18. The molecule has 0 atom stereocenters. The summed E-state index contributed by atoms with van der Waals surface area (Å²) in [5, 5.41) is 12.6. The largest absolute Gasteiger partial charge is 0.459 e. The summed E-state index contributed by atoms with van der Waals surface area (Å²) in [5.41, 5.74) is 1.43. The predicted molar refractivity (Wildman–Crippen MR) is 78.9 cm³/mol. The first-order chi connectivity index (χ1) is 11.3. The van der Waals surface area contributed by atoms with Crippen molar-refractivity contribution < 1.29 is 8.83 Å². The second kappa shape index (κ2) is 5.41. The lowest BCUT2D eigenvalue weighted by Crippen LogP contribution is -2.17. The number of aromatic nitrogens is 5. The third-order valence-corrected chi connectivity index (χ3v) is 3.18.